The Hall–Kier alpha value is -1.50. The smallest absolute Gasteiger partial charge is 0.246 e. The third-order valence-corrected chi connectivity index (χ3v) is 5.52. The number of fused-ring (bicyclic) bond motifs is 2. The molecule has 0 aliphatic carbocycles. The predicted octanol–water partition coefficient (Wildman–Crippen LogP) is 2.45. The average Bonchev–Trinajstić information content (AvgIpc) is 3.21. The summed E-state index contributed by atoms with van der Waals surface area (Å²) in [7, 11) is 1.60. The summed E-state index contributed by atoms with van der Waals surface area (Å²) >= 11 is 7.95. The highest BCUT2D eigenvalue weighted by atomic mass is 35.5. The first-order valence-electron chi connectivity index (χ1n) is 7.47. The number of methoxy groups -OCH3 is 1. The van der Waals surface area contributed by atoms with Gasteiger partial charge in [0.25, 0.3) is 0 Å². The summed E-state index contributed by atoms with van der Waals surface area (Å²) in [5, 5.41) is 4.74. The standard InChI is InChI=1S/C16H16ClN3O2S/c1-22-14-5-10-4-9-2-3-20(16(21)13-7-23-8-18-13)15(9)19-12(10)6-11(14)17/h4-6,13,18H,2-3,7-8H2,1H3. The lowest BCUT2D eigenvalue weighted by Gasteiger charge is -2.20. The van der Waals surface area contributed by atoms with E-state index in [4.69, 9.17) is 21.3 Å². The first-order valence-corrected chi connectivity index (χ1v) is 9.00. The van der Waals surface area contributed by atoms with Crippen LogP contribution in [0.25, 0.3) is 10.9 Å². The molecule has 1 atom stereocenters. The van der Waals surface area contributed by atoms with Crippen molar-refractivity contribution < 1.29 is 9.53 Å². The SMILES string of the molecule is COc1cc2cc3c(nc2cc1Cl)N(C(=O)C1CSCN1)CC3. The van der Waals surface area contributed by atoms with Gasteiger partial charge in [-0.15, -0.1) is 11.8 Å². The molecule has 5 nitrogen and oxygen atoms in total. The number of hydrogen-bond donors (Lipinski definition) is 1. The lowest BCUT2D eigenvalue weighted by Crippen LogP contribution is -2.44. The van der Waals surface area contributed by atoms with Gasteiger partial charge in [0.15, 0.2) is 0 Å². The Morgan fingerprint density at radius 1 is 1.48 bits per heavy atom. The maximum Gasteiger partial charge on any atom is 0.246 e. The largest absolute Gasteiger partial charge is 0.495 e. The van der Waals surface area contributed by atoms with Gasteiger partial charge in [0.2, 0.25) is 5.91 Å². The topological polar surface area (TPSA) is 54.5 Å². The van der Waals surface area contributed by atoms with E-state index in [0.717, 1.165) is 40.3 Å². The molecule has 0 bridgehead atoms. The summed E-state index contributed by atoms with van der Waals surface area (Å²) in [6.45, 7) is 0.686. The molecule has 1 unspecified atom stereocenters. The van der Waals surface area contributed by atoms with Crippen molar-refractivity contribution in [2.24, 2.45) is 0 Å². The third-order valence-electron chi connectivity index (χ3n) is 4.29. The van der Waals surface area contributed by atoms with E-state index in [1.165, 1.54) is 0 Å². The van der Waals surface area contributed by atoms with E-state index in [-0.39, 0.29) is 11.9 Å². The van der Waals surface area contributed by atoms with Crippen molar-refractivity contribution in [1.29, 1.82) is 0 Å². The molecule has 1 aromatic heterocycles. The second-order valence-electron chi connectivity index (χ2n) is 5.66. The zero-order valence-corrected chi connectivity index (χ0v) is 14.2. The Morgan fingerprint density at radius 2 is 2.35 bits per heavy atom. The number of nitrogens with zero attached hydrogens (tertiary/aromatic N) is 2. The molecule has 1 N–H and O–H groups in total. The van der Waals surface area contributed by atoms with Crippen molar-refractivity contribution in [3.05, 3.63) is 28.8 Å². The number of halogens is 1. The van der Waals surface area contributed by atoms with Gasteiger partial charge in [0.1, 0.15) is 11.6 Å². The Morgan fingerprint density at radius 3 is 3.09 bits per heavy atom. The first kappa shape index (κ1) is 15.1. The van der Waals surface area contributed by atoms with E-state index in [1.54, 1.807) is 29.8 Å². The maximum absolute atomic E-state index is 12.7. The fourth-order valence-electron chi connectivity index (χ4n) is 3.08. The molecule has 2 aromatic rings. The second kappa shape index (κ2) is 5.85. The minimum absolute atomic E-state index is 0.108. The lowest BCUT2D eigenvalue weighted by molar-refractivity contribution is -0.119. The number of aromatic nitrogens is 1. The van der Waals surface area contributed by atoms with Crippen molar-refractivity contribution in [1.82, 2.24) is 10.3 Å². The molecule has 0 spiro atoms. The molecule has 2 aliphatic rings. The van der Waals surface area contributed by atoms with Gasteiger partial charge < -0.3 is 4.74 Å². The average molecular weight is 350 g/mol. The highest BCUT2D eigenvalue weighted by Crippen LogP contribution is 2.34. The van der Waals surface area contributed by atoms with Crippen LogP contribution in [0.5, 0.6) is 5.75 Å². The van der Waals surface area contributed by atoms with Crippen LogP contribution in [0.15, 0.2) is 18.2 Å². The van der Waals surface area contributed by atoms with Gasteiger partial charge >= 0.3 is 0 Å². The fraction of sp³-hybridized carbons (Fsp3) is 0.375. The normalized spacial score (nSPS) is 20.1. The van der Waals surface area contributed by atoms with Crippen LogP contribution in [0.2, 0.25) is 5.02 Å². The van der Waals surface area contributed by atoms with E-state index in [1.807, 2.05) is 6.07 Å². The van der Waals surface area contributed by atoms with Crippen molar-refractivity contribution in [3.8, 4) is 5.75 Å². The molecule has 1 saturated heterocycles. The number of pyridine rings is 1. The van der Waals surface area contributed by atoms with Crippen LogP contribution in [0.4, 0.5) is 5.82 Å². The molecule has 7 heteroatoms. The zero-order chi connectivity index (χ0) is 16.0. The predicted molar refractivity (Wildman–Crippen MR) is 93.6 cm³/mol. The number of hydrogen-bond acceptors (Lipinski definition) is 5. The second-order valence-corrected chi connectivity index (χ2v) is 7.10. The molecule has 0 saturated carbocycles. The quantitative estimate of drug-likeness (QED) is 0.902. The third kappa shape index (κ3) is 2.55. The van der Waals surface area contributed by atoms with Crippen LogP contribution < -0.4 is 15.0 Å². The van der Waals surface area contributed by atoms with E-state index in [9.17, 15) is 4.79 Å². The molecule has 2 aliphatic heterocycles. The molecule has 23 heavy (non-hydrogen) atoms. The number of ether oxygens (including phenoxy) is 1. The van der Waals surface area contributed by atoms with Gasteiger partial charge in [-0.05, 0) is 30.2 Å². The molecular formula is C16H16ClN3O2S. The van der Waals surface area contributed by atoms with Crippen LogP contribution >= 0.6 is 23.4 Å². The number of anilines is 1. The van der Waals surface area contributed by atoms with Gasteiger partial charge in [-0.2, -0.15) is 0 Å². The number of carbonyl (C=O) groups excluding carboxylic acids is 1. The Balaban J connectivity index is 1.74. The van der Waals surface area contributed by atoms with Crippen LogP contribution in [0, 0.1) is 0 Å². The molecule has 3 heterocycles. The summed E-state index contributed by atoms with van der Waals surface area (Å²) < 4.78 is 5.26. The fourth-order valence-corrected chi connectivity index (χ4v) is 4.25. The molecule has 120 valence electrons. The van der Waals surface area contributed by atoms with E-state index < -0.39 is 0 Å². The lowest BCUT2D eigenvalue weighted by atomic mass is 10.1. The molecule has 1 amide bonds. The van der Waals surface area contributed by atoms with Crippen molar-refractivity contribution >= 4 is 46.0 Å². The summed E-state index contributed by atoms with van der Waals surface area (Å²) in [6, 6.07) is 5.66. The van der Waals surface area contributed by atoms with Crippen molar-refractivity contribution in [2.45, 2.75) is 12.5 Å². The molecule has 4 rings (SSSR count). The zero-order valence-electron chi connectivity index (χ0n) is 12.6. The Labute approximate surface area is 143 Å². The number of amides is 1. The van der Waals surface area contributed by atoms with Gasteiger partial charge in [-0.3, -0.25) is 15.0 Å². The first-order chi connectivity index (χ1) is 11.2. The maximum atomic E-state index is 12.7. The van der Waals surface area contributed by atoms with Crippen LogP contribution in [-0.4, -0.2) is 42.2 Å². The number of benzene rings is 1. The number of carbonyl (C=O) groups is 1. The van der Waals surface area contributed by atoms with Gasteiger partial charge in [0, 0.05) is 23.6 Å². The molecule has 0 radical (unpaired) electrons. The van der Waals surface area contributed by atoms with Crippen molar-refractivity contribution in [3.63, 3.8) is 0 Å². The molecule has 1 fully saturated rings. The van der Waals surface area contributed by atoms with E-state index in [0.29, 0.717) is 17.3 Å². The Bertz CT molecular complexity index is 792. The van der Waals surface area contributed by atoms with Gasteiger partial charge in [0.05, 0.1) is 23.7 Å². The van der Waals surface area contributed by atoms with Crippen LogP contribution in [-0.2, 0) is 11.2 Å². The van der Waals surface area contributed by atoms with Gasteiger partial charge in [-0.1, -0.05) is 11.6 Å². The van der Waals surface area contributed by atoms with Crippen LogP contribution in [0.1, 0.15) is 5.56 Å². The summed E-state index contributed by atoms with van der Waals surface area (Å²) in [5.41, 5.74) is 1.88. The number of rotatable bonds is 2. The van der Waals surface area contributed by atoms with E-state index in [2.05, 4.69) is 11.4 Å². The highest BCUT2D eigenvalue weighted by molar-refractivity contribution is 7.99. The summed E-state index contributed by atoms with van der Waals surface area (Å²) in [5.74, 6) is 3.17. The van der Waals surface area contributed by atoms with Gasteiger partial charge in [-0.25, -0.2) is 4.98 Å². The monoisotopic (exact) mass is 349 g/mol. The van der Waals surface area contributed by atoms with Crippen molar-refractivity contribution in [2.75, 3.05) is 30.2 Å². The summed E-state index contributed by atoms with van der Waals surface area (Å²) in [4.78, 5) is 19.2. The molecule has 1 aromatic carbocycles. The number of thioether (sulfide) groups is 1. The minimum Gasteiger partial charge on any atom is -0.495 e. The van der Waals surface area contributed by atoms with E-state index >= 15 is 0 Å². The highest BCUT2D eigenvalue weighted by Gasteiger charge is 2.33. The summed E-state index contributed by atoms with van der Waals surface area (Å²) in [6.07, 6.45) is 0.828. The molecular weight excluding hydrogens is 334 g/mol. The Kier molecular flexibility index (Phi) is 3.83. The van der Waals surface area contributed by atoms with Crippen LogP contribution in [0.3, 0.4) is 0 Å². The minimum atomic E-state index is -0.108. The number of nitrogens with one attached hydrogen (secondary N) is 1.